The molecular formula is C16H23ClFNO. The van der Waals surface area contributed by atoms with Gasteiger partial charge in [-0.3, -0.25) is 4.79 Å². The molecule has 1 aromatic carbocycles. The molecule has 112 valence electrons. The summed E-state index contributed by atoms with van der Waals surface area (Å²) < 4.78 is 13.5. The van der Waals surface area contributed by atoms with Crippen molar-refractivity contribution in [2.24, 2.45) is 5.92 Å². The van der Waals surface area contributed by atoms with Crippen LogP contribution in [0.5, 0.6) is 0 Å². The van der Waals surface area contributed by atoms with Gasteiger partial charge in [-0.05, 0) is 38.0 Å². The summed E-state index contributed by atoms with van der Waals surface area (Å²) in [5.74, 6) is -0.464. The average molecular weight is 300 g/mol. The third kappa shape index (κ3) is 3.72. The minimum atomic E-state index is -0.348. The van der Waals surface area contributed by atoms with Crippen LogP contribution in [0.25, 0.3) is 0 Å². The van der Waals surface area contributed by atoms with Crippen LogP contribution in [-0.4, -0.2) is 11.9 Å². The zero-order chi connectivity index (χ0) is 15.4. The summed E-state index contributed by atoms with van der Waals surface area (Å²) in [7, 11) is 0. The van der Waals surface area contributed by atoms with E-state index in [1.807, 2.05) is 20.8 Å². The maximum Gasteiger partial charge on any atom is 0.229 e. The molecule has 20 heavy (non-hydrogen) atoms. The van der Waals surface area contributed by atoms with Crippen LogP contribution in [0.15, 0.2) is 12.1 Å². The monoisotopic (exact) mass is 299 g/mol. The molecule has 0 saturated carbocycles. The smallest absolute Gasteiger partial charge is 0.229 e. The number of carbonyl (C=O) groups is 1. The lowest BCUT2D eigenvalue weighted by Gasteiger charge is -2.32. The number of benzene rings is 1. The number of hydrogen-bond acceptors (Lipinski definition) is 1. The molecule has 1 aromatic rings. The Morgan fingerprint density at radius 3 is 2.45 bits per heavy atom. The van der Waals surface area contributed by atoms with E-state index in [0.29, 0.717) is 11.3 Å². The van der Waals surface area contributed by atoms with Crippen LogP contribution in [0.4, 0.5) is 10.1 Å². The third-order valence-electron chi connectivity index (χ3n) is 3.37. The summed E-state index contributed by atoms with van der Waals surface area (Å²) in [6.45, 7) is 9.47. The SMILES string of the molecule is CCCC(C)N(C(=O)C(C)C)c1cc(C)c(F)cc1Cl. The van der Waals surface area contributed by atoms with Crippen molar-refractivity contribution in [3.63, 3.8) is 0 Å². The van der Waals surface area contributed by atoms with Crippen LogP contribution in [-0.2, 0) is 4.79 Å². The molecule has 1 atom stereocenters. The number of halogens is 2. The van der Waals surface area contributed by atoms with E-state index in [1.165, 1.54) is 6.07 Å². The van der Waals surface area contributed by atoms with Crippen LogP contribution < -0.4 is 4.90 Å². The Bertz CT molecular complexity index is 488. The molecular weight excluding hydrogens is 277 g/mol. The Hall–Kier alpha value is -1.09. The second-order valence-corrected chi connectivity index (χ2v) is 5.96. The summed E-state index contributed by atoms with van der Waals surface area (Å²) in [5, 5.41) is 0.282. The molecule has 0 bridgehead atoms. The molecule has 0 spiro atoms. The maximum atomic E-state index is 13.5. The summed E-state index contributed by atoms with van der Waals surface area (Å²) in [6, 6.07) is 2.98. The van der Waals surface area contributed by atoms with Crippen molar-refractivity contribution >= 4 is 23.2 Å². The first-order valence-corrected chi connectivity index (χ1v) is 7.46. The van der Waals surface area contributed by atoms with Gasteiger partial charge < -0.3 is 4.90 Å². The van der Waals surface area contributed by atoms with Crippen LogP contribution in [0.1, 0.15) is 46.1 Å². The van der Waals surface area contributed by atoms with Gasteiger partial charge in [-0.1, -0.05) is 38.8 Å². The fourth-order valence-electron chi connectivity index (χ4n) is 2.23. The van der Waals surface area contributed by atoms with E-state index in [1.54, 1.807) is 17.9 Å². The number of carbonyl (C=O) groups excluding carboxylic acids is 1. The van der Waals surface area contributed by atoms with Gasteiger partial charge in [0.05, 0.1) is 10.7 Å². The molecule has 0 heterocycles. The van der Waals surface area contributed by atoms with Gasteiger partial charge in [0.1, 0.15) is 5.82 Å². The van der Waals surface area contributed by atoms with Gasteiger partial charge in [-0.25, -0.2) is 4.39 Å². The zero-order valence-corrected chi connectivity index (χ0v) is 13.6. The molecule has 0 radical (unpaired) electrons. The minimum Gasteiger partial charge on any atom is -0.308 e. The van der Waals surface area contributed by atoms with Gasteiger partial charge in [0.25, 0.3) is 0 Å². The molecule has 0 saturated heterocycles. The number of rotatable bonds is 5. The second-order valence-electron chi connectivity index (χ2n) is 5.55. The normalized spacial score (nSPS) is 12.6. The number of aryl methyl sites for hydroxylation is 1. The Kier molecular flexibility index (Phi) is 6.00. The first-order valence-electron chi connectivity index (χ1n) is 7.08. The van der Waals surface area contributed by atoms with Crippen molar-refractivity contribution in [2.45, 2.75) is 53.5 Å². The van der Waals surface area contributed by atoms with Crippen molar-refractivity contribution in [3.05, 3.63) is 28.5 Å². The van der Waals surface area contributed by atoms with Gasteiger partial charge in [0.15, 0.2) is 0 Å². The first kappa shape index (κ1) is 17.0. The van der Waals surface area contributed by atoms with Crippen LogP contribution in [0.2, 0.25) is 5.02 Å². The van der Waals surface area contributed by atoms with Crippen molar-refractivity contribution in [1.29, 1.82) is 0 Å². The van der Waals surface area contributed by atoms with Crippen LogP contribution >= 0.6 is 11.6 Å². The predicted molar refractivity (Wildman–Crippen MR) is 82.8 cm³/mol. The van der Waals surface area contributed by atoms with Gasteiger partial charge in [-0.2, -0.15) is 0 Å². The highest BCUT2D eigenvalue weighted by Gasteiger charge is 2.26. The Balaban J connectivity index is 3.30. The standard InChI is InChI=1S/C16H23ClFNO/c1-6-7-12(5)19(16(20)10(2)3)15-8-11(4)14(18)9-13(15)17/h8-10,12H,6-7H2,1-5H3. The van der Waals surface area contributed by atoms with Crippen molar-refractivity contribution < 1.29 is 9.18 Å². The lowest BCUT2D eigenvalue weighted by molar-refractivity contribution is -0.121. The van der Waals surface area contributed by atoms with Gasteiger partial charge in [0.2, 0.25) is 5.91 Å². The van der Waals surface area contributed by atoms with E-state index in [0.717, 1.165) is 12.8 Å². The summed E-state index contributed by atoms with van der Waals surface area (Å²) in [6.07, 6.45) is 1.85. The van der Waals surface area contributed by atoms with E-state index < -0.39 is 0 Å². The highest BCUT2D eigenvalue weighted by atomic mass is 35.5. The van der Waals surface area contributed by atoms with E-state index >= 15 is 0 Å². The molecule has 4 heteroatoms. The lowest BCUT2D eigenvalue weighted by Crippen LogP contribution is -2.41. The Morgan fingerprint density at radius 2 is 1.95 bits per heavy atom. The Morgan fingerprint density at radius 1 is 1.35 bits per heavy atom. The van der Waals surface area contributed by atoms with Gasteiger partial charge in [0, 0.05) is 12.0 Å². The van der Waals surface area contributed by atoms with E-state index in [-0.39, 0.29) is 28.7 Å². The van der Waals surface area contributed by atoms with Crippen LogP contribution in [0, 0.1) is 18.7 Å². The van der Waals surface area contributed by atoms with Gasteiger partial charge in [-0.15, -0.1) is 0 Å². The van der Waals surface area contributed by atoms with Crippen molar-refractivity contribution in [3.8, 4) is 0 Å². The van der Waals surface area contributed by atoms with Crippen molar-refractivity contribution in [2.75, 3.05) is 4.90 Å². The zero-order valence-electron chi connectivity index (χ0n) is 12.8. The lowest BCUT2D eigenvalue weighted by atomic mass is 10.1. The summed E-state index contributed by atoms with van der Waals surface area (Å²) >= 11 is 6.16. The number of amides is 1. The molecule has 0 aliphatic carbocycles. The number of hydrogen-bond donors (Lipinski definition) is 0. The van der Waals surface area contributed by atoms with E-state index in [2.05, 4.69) is 6.92 Å². The van der Waals surface area contributed by atoms with Crippen molar-refractivity contribution in [1.82, 2.24) is 0 Å². The third-order valence-corrected chi connectivity index (χ3v) is 3.67. The Labute approximate surface area is 125 Å². The van der Waals surface area contributed by atoms with Gasteiger partial charge >= 0.3 is 0 Å². The van der Waals surface area contributed by atoms with E-state index in [9.17, 15) is 9.18 Å². The molecule has 1 unspecified atom stereocenters. The molecule has 2 nitrogen and oxygen atoms in total. The highest BCUT2D eigenvalue weighted by molar-refractivity contribution is 6.33. The molecule has 0 aromatic heterocycles. The maximum absolute atomic E-state index is 13.5. The molecule has 0 N–H and O–H groups in total. The quantitative estimate of drug-likeness (QED) is 0.752. The number of nitrogens with zero attached hydrogens (tertiary/aromatic N) is 1. The second kappa shape index (κ2) is 7.07. The summed E-state index contributed by atoms with van der Waals surface area (Å²) in [5.41, 5.74) is 1.10. The predicted octanol–water partition coefficient (Wildman–Crippen LogP) is 4.97. The largest absolute Gasteiger partial charge is 0.308 e. The fraction of sp³-hybridized carbons (Fsp3) is 0.562. The molecule has 1 rings (SSSR count). The average Bonchev–Trinajstić information content (AvgIpc) is 2.35. The molecule has 0 aliphatic rings. The first-order chi connectivity index (χ1) is 9.29. The summed E-state index contributed by atoms with van der Waals surface area (Å²) in [4.78, 5) is 14.2. The highest BCUT2D eigenvalue weighted by Crippen LogP contribution is 2.32. The molecule has 0 aliphatic heterocycles. The van der Waals surface area contributed by atoms with E-state index in [4.69, 9.17) is 11.6 Å². The number of anilines is 1. The molecule has 1 amide bonds. The fourth-order valence-corrected chi connectivity index (χ4v) is 2.47. The van der Waals surface area contributed by atoms with Crippen LogP contribution in [0.3, 0.4) is 0 Å². The molecule has 0 fully saturated rings. The topological polar surface area (TPSA) is 20.3 Å². The minimum absolute atomic E-state index is 0.0128.